The van der Waals surface area contributed by atoms with E-state index in [4.69, 9.17) is 0 Å². The first-order chi connectivity index (χ1) is 8.15. The van der Waals surface area contributed by atoms with Gasteiger partial charge in [-0.1, -0.05) is 44.0 Å². The third-order valence-electron chi connectivity index (χ3n) is 2.71. The molecule has 0 aromatic heterocycles. The van der Waals surface area contributed by atoms with E-state index < -0.39 is 10.8 Å². The molecule has 0 aliphatic rings. The lowest BCUT2D eigenvalue weighted by molar-refractivity contribution is 0.102. The lowest BCUT2D eigenvalue weighted by Gasteiger charge is -2.04. The van der Waals surface area contributed by atoms with Gasteiger partial charge in [-0.05, 0) is 18.9 Å². The Hall–Kier alpha value is -0.960. The van der Waals surface area contributed by atoms with E-state index in [-0.39, 0.29) is 11.5 Å². The SMILES string of the molecule is CCCCCS(=O)CC(=O)c1ccccc1C. The van der Waals surface area contributed by atoms with Crippen molar-refractivity contribution in [1.29, 1.82) is 0 Å². The third-order valence-corrected chi connectivity index (χ3v) is 4.04. The Bertz CT molecular complexity index is 399. The van der Waals surface area contributed by atoms with Crippen LogP contribution >= 0.6 is 0 Å². The molecule has 0 amide bonds. The molecule has 0 aliphatic heterocycles. The molecule has 1 unspecified atom stereocenters. The molecule has 1 aromatic carbocycles. The molecule has 0 saturated carbocycles. The summed E-state index contributed by atoms with van der Waals surface area (Å²) >= 11 is 0. The second-order valence-corrected chi connectivity index (χ2v) is 5.81. The monoisotopic (exact) mass is 252 g/mol. The Morgan fingerprint density at radius 1 is 1.24 bits per heavy atom. The number of Topliss-reactive ketones (excluding diaryl/α,β-unsaturated/α-hetero) is 1. The maximum Gasteiger partial charge on any atom is 0.175 e. The van der Waals surface area contributed by atoms with Crippen LogP contribution < -0.4 is 0 Å². The quantitative estimate of drug-likeness (QED) is 0.552. The second-order valence-electron chi connectivity index (χ2n) is 4.23. The van der Waals surface area contributed by atoms with Crippen molar-refractivity contribution in [2.45, 2.75) is 33.1 Å². The van der Waals surface area contributed by atoms with E-state index >= 15 is 0 Å². The van der Waals surface area contributed by atoms with Gasteiger partial charge < -0.3 is 0 Å². The molecule has 1 rings (SSSR count). The molecule has 94 valence electrons. The molecule has 0 N–H and O–H groups in total. The van der Waals surface area contributed by atoms with Crippen LogP contribution in [-0.4, -0.2) is 21.5 Å². The fourth-order valence-corrected chi connectivity index (χ4v) is 2.81. The molecule has 0 aliphatic carbocycles. The molecule has 0 bridgehead atoms. The maximum atomic E-state index is 11.9. The van der Waals surface area contributed by atoms with Crippen molar-refractivity contribution in [3.05, 3.63) is 35.4 Å². The Morgan fingerprint density at radius 3 is 2.59 bits per heavy atom. The number of unbranched alkanes of at least 4 members (excludes halogenated alkanes) is 2. The van der Waals surface area contributed by atoms with E-state index in [1.165, 1.54) is 0 Å². The average molecular weight is 252 g/mol. The first-order valence-electron chi connectivity index (χ1n) is 6.09. The van der Waals surface area contributed by atoms with Crippen LogP contribution in [0.3, 0.4) is 0 Å². The van der Waals surface area contributed by atoms with Crippen LogP contribution in [0.1, 0.15) is 42.1 Å². The van der Waals surface area contributed by atoms with E-state index in [0.29, 0.717) is 11.3 Å². The van der Waals surface area contributed by atoms with Crippen molar-refractivity contribution in [2.75, 3.05) is 11.5 Å². The minimum atomic E-state index is -1.01. The lowest BCUT2D eigenvalue weighted by Crippen LogP contribution is -2.14. The van der Waals surface area contributed by atoms with E-state index in [9.17, 15) is 9.00 Å². The Morgan fingerprint density at radius 2 is 1.94 bits per heavy atom. The molecule has 1 aromatic rings. The van der Waals surface area contributed by atoms with Crippen molar-refractivity contribution < 1.29 is 9.00 Å². The van der Waals surface area contributed by atoms with Gasteiger partial charge in [0.05, 0.1) is 5.75 Å². The summed E-state index contributed by atoms with van der Waals surface area (Å²) < 4.78 is 11.7. The number of rotatable bonds is 7. The smallest absolute Gasteiger partial charge is 0.175 e. The molecule has 3 heteroatoms. The normalized spacial score (nSPS) is 12.4. The summed E-state index contributed by atoms with van der Waals surface area (Å²) in [5, 5.41) is 0. The zero-order valence-electron chi connectivity index (χ0n) is 10.6. The summed E-state index contributed by atoms with van der Waals surface area (Å²) in [4.78, 5) is 11.9. The van der Waals surface area contributed by atoms with Gasteiger partial charge in [0.2, 0.25) is 0 Å². The lowest BCUT2D eigenvalue weighted by atomic mass is 10.1. The van der Waals surface area contributed by atoms with Crippen molar-refractivity contribution in [1.82, 2.24) is 0 Å². The van der Waals surface area contributed by atoms with E-state index in [1.807, 2.05) is 25.1 Å². The molecule has 0 fully saturated rings. The topological polar surface area (TPSA) is 34.1 Å². The van der Waals surface area contributed by atoms with Crippen LogP contribution in [0, 0.1) is 6.92 Å². The average Bonchev–Trinajstić information content (AvgIpc) is 2.29. The van der Waals surface area contributed by atoms with Crippen LogP contribution in [0.2, 0.25) is 0 Å². The van der Waals surface area contributed by atoms with Gasteiger partial charge in [-0.25, -0.2) is 0 Å². The predicted molar refractivity (Wildman–Crippen MR) is 72.9 cm³/mol. The number of carbonyl (C=O) groups excluding carboxylic acids is 1. The highest BCUT2D eigenvalue weighted by Crippen LogP contribution is 2.09. The standard InChI is InChI=1S/C14H20O2S/c1-3-4-7-10-17(16)11-14(15)13-9-6-5-8-12(13)2/h5-6,8-9H,3-4,7,10-11H2,1-2H3. The zero-order chi connectivity index (χ0) is 12.7. The third kappa shape index (κ3) is 4.82. The summed E-state index contributed by atoms with van der Waals surface area (Å²) in [6.07, 6.45) is 3.15. The number of carbonyl (C=O) groups is 1. The Balaban J connectivity index is 2.49. The van der Waals surface area contributed by atoms with Gasteiger partial charge in [-0.15, -0.1) is 0 Å². The van der Waals surface area contributed by atoms with Crippen molar-refractivity contribution >= 4 is 16.6 Å². The van der Waals surface area contributed by atoms with Crippen LogP contribution in [0.4, 0.5) is 0 Å². The highest BCUT2D eigenvalue weighted by atomic mass is 32.2. The van der Waals surface area contributed by atoms with Crippen molar-refractivity contribution in [2.24, 2.45) is 0 Å². The van der Waals surface area contributed by atoms with Crippen LogP contribution in [0.15, 0.2) is 24.3 Å². The highest BCUT2D eigenvalue weighted by molar-refractivity contribution is 7.85. The highest BCUT2D eigenvalue weighted by Gasteiger charge is 2.11. The number of aryl methyl sites for hydroxylation is 1. The van der Waals surface area contributed by atoms with E-state index in [2.05, 4.69) is 6.92 Å². The Labute approximate surface area is 106 Å². The van der Waals surface area contributed by atoms with Crippen molar-refractivity contribution in [3.8, 4) is 0 Å². The van der Waals surface area contributed by atoms with Gasteiger partial charge in [0.25, 0.3) is 0 Å². The van der Waals surface area contributed by atoms with Crippen molar-refractivity contribution in [3.63, 3.8) is 0 Å². The molecule has 2 nitrogen and oxygen atoms in total. The number of hydrogen-bond acceptors (Lipinski definition) is 2. The minimum absolute atomic E-state index is 0.00191. The van der Waals surface area contributed by atoms with Crippen LogP contribution in [0.25, 0.3) is 0 Å². The molecule has 17 heavy (non-hydrogen) atoms. The molecule has 0 spiro atoms. The summed E-state index contributed by atoms with van der Waals surface area (Å²) in [5.41, 5.74) is 1.67. The van der Waals surface area contributed by atoms with Gasteiger partial charge in [-0.3, -0.25) is 9.00 Å². The summed E-state index contributed by atoms with van der Waals surface area (Å²) in [5.74, 6) is 0.804. The summed E-state index contributed by atoms with van der Waals surface area (Å²) in [6.45, 7) is 4.02. The minimum Gasteiger partial charge on any atom is -0.293 e. The number of hydrogen-bond donors (Lipinski definition) is 0. The first kappa shape index (κ1) is 14.1. The fraction of sp³-hybridized carbons (Fsp3) is 0.500. The molecular formula is C14H20O2S. The number of ketones is 1. The van der Waals surface area contributed by atoms with Gasteiger partial charge in [-0.2, -0.15) is 0 Å². The van der Waals surface area contributed by atoms with Crippen LogP contribution in [-0.2, 0) is 10.8 Å². The molecule has 1 atom stereocenters. The van der Waals surface area contributed by atoms with E-state index in [1.54, 1.807) is 6.07 Å². The molecular weight excluding hydrogens is 232 g/mol. The van der Waals surface area contributed by atoms with Gasteiger partial charge in [0.15, 0.2) is 5.78 Å². The molecule has 0 radical (unpaired) electrons. The van der Waals surface area contributed by atoms with E-state index in [0.717, 1.165) is 24.8 Å². The maximum absolute atomic E-state index is 11.9. The van der Waals surface area contributed by atoms with Gasteiger partial charge in [0.1, 0.15) is 0 Å². The predicted octanol–water partition coefficient (Wildman–Crippen LogP) is 3.12. The fourth-order valence-electron chi connectivity index (χ4n) is 1.69. The zero-order valence-corrected chi connectivity index (χ0v) is 11.4. The number of benzene rings is 1. The van der Waals surface area contributed by atoms with Gasteiger partial charge >= 0.3 is 0 Å². The second kappa shape index (κ2) is 7.38. The molecule has 0 heterocycles. The summed E-state index contributed by atoms with van der Waals surface area (Å²) in [6, 6.07) is 7.47. The van der Waals surface area contributed by atoms with Crippen LogP contribution in [0.5, 0.6) is 0 Å². The Kier molecular flexibility index (Phi) is 6.12. The summed E-state index contributed by atoms with van der Waals surface area (Å²) in [7, 11) is -1.01. The molecule has 0 saturated heterocycles. The first-order valence-corrected chi connectivity index (χ1v) is 7.57. The largest absolute Gasteiger partial charge is 0.293 e. The van der Waals surface area contributed by atoms with Gasteiger partial charge in [0, 0.05) is 22.1 Å².